The molecule has 2 N–H and O–H groups in total. The van der Waals surface area contributed by atoms with E-state index in [1.807, 2.05) is 48.5 Å². The number of rotatable bonds is 3. The van der Waals surface area contributed by atoms with Gasteiger partial charge < -0.3 is 10.5 Å². The Morgan fingerprint density at radius 1 is 1.06 bits per heavy atom. The maximum atomic E-state index is 5.88. The van der Waals surface area contributed by atoms with Gasteiger partial charge in [-0.3, -0.25) is 0 Å². The summed E-state index contributed by atoms with van der Waals surface area (Å²) in [5.41, 5.74) is 9.57. The van der Waals surface area contributed by atoms with Crippen LogP contribution in [0.2, 0.25) is 0 Å². The van der Waals surface area contributed by atoms with E-state index in [-0.39, 0.29) is 0 Å². The Balaban J connectivity index is 2.35. The minimum Gasteiger partial charge on any atom is -0.495 e. The third-order valence-corrected chi connectivity index (χ3v) is 2.70. The van der Waals surface area contributed by atoms with Gasteiger partial charge in [-0.05, 0) is 28.8 Å². The van der Waals surface area contributed by atoms with Gasteiger partial charge in [0.15, 0.2) is 0 Å². The Labute approximate surface area is 101 Å². The molecular formula is C15H15NO. The van der Waals surface area contributed by atoms with Crippen molar-refractivity contribution in [2.45, 2.75) is 0 Å². The fourth-order valence-corrected chi connectivity index (χ4v) is 1.73. The van der Waals surface area contributed by atoms with E-state index in [9.17, 15) is 0 Å². The summed E-state index contributed by atoms with van der Waals surface area (Å²) in [4.78, 5) is 0. The van der Waals surface area contributed by atoms with Gasteiger partial charge in [0.25, 0.3) is 0 Å². The van der Waals surface area contributed by atoms with E-state index in [0.29, 0.717) is 11.4 Å². The molecule has 0 bridgehead atoms. The van der Waals surface area contributed by atoms with E-state index in [1.165, 1.54) is 0 Å². The molecule has 0 aliphatic carbocycles. The first kappa shape index (κ1) is 11.3. The van der Waals surface area contributed by atoms with Crippen LogP contribution in [0.4, 0.5) is 5.69 Å². The van der Waals surface area contributed by atoms with Gasteiger partial charge in [-0.25, -0.2) is 0 Å². The van der Waals surface area contributed by atoms with Crippen molar-refractivity contribution in [2.75, 3.05) is 12.8 Å². The smallest absolute Gasteiger partial charge is 0.141 e. The van der Waals surface area contributed by atoms with Gasteiger partial charge in [-0.2, -0.15) is 0 Å². The van der Waals surface area contributed by atoms with Crippen molar-refractivity contribution in [3.8, 4) is 5.75 Å². The summed E-state index contributed by atoms with van der Waals surface area (Å²) in [6.07, 6.45) is 0. The summed E-state index contributed by atoms with van der Waals surface area (Å²) < 4.78 is 5.13. The highest BCUT2D eigenvalue weighted by Gasteiger charge is 2.05. The average molecular weight is 225 g/mol. The maximum Gasteiger partial charge on any atom is 0.141 e. The Morgan fingerprint density at radius 2 is 1.76 bits per heavy atom. The van der Waals surface area contributed by atoms with Crippen molar-refractivity contribution in [3.05, 3.63) is 66.2 Å². The van der Waals surface area contributed by atoms with Crippen molar-refractivity contribution in [2.24, 2.45) is 0 Å². The molecule has 17 heavy (non-hydrogen) atoms. The summed E-state index contributed by atoms with van der Waals surface area (Å²) in [5.74, 6) is 0.689. The zero-order valence-electron chi connectivity index (χ0n) is 9.81. The second-order valence-electron chi connectivity index (χ2n) is 3.80. The molecule has 0 aliphatic rings. The van der Waals surface area contributed by atoms with Crippen LogP contribution in [-0.4, -0.2) is 7.11 Å². The minimum absolute atomic E-state index is 0.627. The lowest BCUT2D eigenvalue weighted by molar-refractivity contribution is 0.417. The highest BCUT2D eigenvalue weighted by molar-refractivity contribution is 5.80. The van der Waals surface area contributed by atoms with Gasteiger partial charge in [0.1, 0.15) is 5.75 Å². The lowest BCUT2D eigenvalue weighted by Gasteiger charge is -2.09. The van der Waals surface area contributed by atoms with E-state index < -0.39 is 0 Å². The van der Waals surface area contributed by atoms with Gasteiger partial charge in [-0.1, -0.05) is 43.0 Å². The minimum atomic E-state index is 0.627. The van der Waals surface area contributed by atoms with Crippen molar-refractivity contribution in [1.82, 2.24) is 0 Å². The Morgan fingerprint density at radius 3 is 2.35 bits per heavy atom. The molecule has 0 aromatic heterocycles. The summed E-state index contributed by atoms with van der Waals surface area (Å²) in [5, 5.41) is 0. The molecule has 0 unspecified atom stereocenters. The van der Waals surface area contributed by atoms with Crippen LogP contribution in [-0.2, 0) is 0 Å². The number of nitrogen functional groups attached to an aromatic ring is 1. The third-order valence-electron chi connectivity index (χ3n) is 2.70. The van der Waals surface area contributed by atoms with Crippen molar-refractivity contribution < 1.29 is 4.74 Å². The van der Waals surface area contributed by atoms with Crippen LogP contribution < -0.4 is 10.5 Å². The maximum absolute atomic E-state index is 5.88. The lowest BCUT2D eigenvalue weighted by Crippen LogP contribution is -1.94. The molecule has 86 valence electrons. The summed E-state index contributed by atoms with van der Waals surface area (Å²) in [6.45, 7) is 4.10. The second kappa shape index (κ2) is 4.74. The van der Waals surface area contributed by atoms with Crippen molar-refractivity contribution >= 4 is 11.3 Å². The third kappa shape index (κ3) is 2.31. The summed E-state index contributed by atoms with van der Waals surface area (Å²) >= 11 is 0. The predicted octanol–water partition coefficient (Wildman–Crippen LogP) is 3.34. The molecule has 2 aromatic carbocycles. The van der Waals surface area contributed by atoms with Crippen LogP contribution in [0.5, 0.6) is 5.75 Å². The van der Waals surface area contributed by atoms with Crippen LogP contribution in [0.1, 0.15) is 11.1 Å². The van der Waals surface area contributed by atoms with Gasteiger partial charge in [0.05, 0.1) is 12.8 Å². The summed E-state index contributed by atoms with van der Waals surface area (Å²) in [6, 6.07) is 15.7. The van der Waals surface area contributed by atoms with E-state index >= 15 is 0 Å². The van der Waals surface area contributed by atoms with Gasteiger partial charge in [0.2, 0.25) is 0 Å². The van der Waals surface area contributed by atoms with Gasteiger partial charge in [0, 0.05) is 0 Å². The molecule has 0 amide bonds. The number of methoxy groups -OCH3 is 1. The van der Waals surface area contributed by atoms with Crippen LogP contribution in [0.15, 0.2) is 55.1 Å². The van der Waals surface area contributed by atoms with E-state index in [1.54, 1.807) is 7.11 Å². The molecule has 2 nitrogen and oxygen atoms in total. The summed E-state index contributed by atoms with van der Waals surface area (Å²) in [7, 11) is 1.61. The molecule has 0 saturated carbocycles. The molecular weight excluding hydrogens is 210 g/mol. The molecule has 2 aromatic rings. The average Bonchev–Trinajstić information content (AvgIpc) is 2.39. The standard InChI is InChI=1S/C15H15NO/c1-11(12-6-4-3-5-7-12)13-8-9-15(17-2)14(16)10-13/h3-10H,1,16H2,2H3. The fraction of sp³-hybridized carbons (Fsp3) is 0.0667. The highest BCUT2D eigenvalue weighted by atomic mass is 16.5. The van der Waals surface area contributed by atoms with Crippen LogP contribution in [0.3, 0.4) is 0 Å². The highest BCUT2D eigenvalue weighted by Crippen LogP contribution is 2.28. The molecule has 0 radical (unpaired) electrons. The Kier molecular flexibility index (Phi) is 3.15. The normalized spacial score (nSPS) is 9.94. The predicted molar refractivity (Wildman–Crippen MR) is 72.0 cm³/mol. The number of ether oxygens (including phenoxy) is 1. The van der Waals surface area contributed by atoms with Crippen LogP contribution >= 0.6 is 0 Å². The van der Waals surface area contributed by atoms with Crippen LogP contribution in [0.25, 0.3) is 5.57 Å². The zero-order chi connectivity index (χ0) is 12.3. The molecule has 0 heterocycles. The first-order chi connectivity index (χ1) is 8.22. The molecule has 0 fully saturated rings. The first-order valence-corrected chi connectivity index (χ1v) is 5.40. The van der Waals surface area contributed by atoms with E-state index in [0.717, 1.165) is 16.7 Å². The molecule has 0 saturated heterocycles. The molecule has 0 aliphatic heterocycles. The molecule has 0 spiro atoms. The van der Waals surface area contributed by atoms with Crippen molar-refractivity contribution in [3.63, 3.8) is 0 Å². The number of anilines is 1. The SMILES string of the molecule is C=C(c1ccccc1)c1ccc(OC)c(N)c1. The van der Waals surface area contributed by atoms with E-state index in [2.05, 4.69) is 6.58 Å². The quantitative estimate of drug-likeness (QED) is 0.813. The van der Waals surface area contributed by atoms with Gasteiger partial charge in [-0.15, -0.1) is 0 Å². The van der Waals surface area contributed by atoms with Crippen LogP contribution in [0, 0.1) is 0 Å². The second-order valence-corrected chi connectivity index (χ2v) is 3.80. The Hall–Kier alpha value is -2.22. The largest absolute Gasteiger partial charge is 0.495 e. The molecule has 2 rings (SSSR count). The molecule has 2 heteroatoms. The number of benzene rings is 2. The lowest BCUT2D eigenvalue weighted by atomic mass is 9.99. The first-order valence-electron chi connectivity index (χ1n) is 5.40. The topological polar surface area (TPSA) is 35.2 Å². The number of hydrogen-bond acceptors (Lipinski definition) is 2. The van der Waals surface area contributed by atoms with E-state index in [4.69, 9.17) is 10.5 Å². The zero-order valence-corrected chi connectivity index (χ0v) is 9.81. The fourth-order valence-electron chi connectivity index (χ4n) is 1.73. The number of nitrogens with two attached hydrogens (primary N) is 1. The van der Waals surface area contributed by atoms with Crippen molar-refractivity contribution in [1.29, 1.82) is 0 Å². The number of hydrogen-bond donors (Lipinski definition) is 1. The van der Waals surface area contributed by atoms with Gasteiger partial charge >= 0.3 is 0 Å². The molecule has 0 atom stereocenters. The monoisotopic (exact) mass is 225 g/mol. The Bertz CT molecular complexity index is 532.